The van der Waals surface area contributed by atoms with Crippen LogP contribution < -0.4 is 0 Å². The van der Waals surface area contributed by atoms with E-state index in [1.54, 1.807) is 20.8 Å². The average molecular weight is 263 g/mol. The van der Waals surface area contributed by atoms with E-state index >= 15 is 0 Å². The monoisotopic (exact) mass is 263 g/mol. The van der Waals surface area contributed by atoms with Gasteiger partial charge in [0.2, 0.25) is 0 Å². The third-order valence-corrected chi connectivity index (χ3v) is 3.85. The number of rotatable bonds is 1. The van der Waals surface area contributed by atoms with Crippen LogP contribution in [0.4, 0.5) is 13.6 Å². The molecule has 0 spiro atoms. The summed E-state index contributed by atoms with van der Waals surface area (Å²) in [5.41, 5.74) is -1.93. The lowest BCUT2D eigenvalue weighted by Gasteiger charge is -2.31. The van der Waals surface area contributed by atoms with Crippen LogP contribution in [0.3, 0.4) is 0 Å². The average Bonchev–Trinajstić information content (AvgIpc) is 2.73. The van der Waals surface area contributed by atoms with Crippen molar-refractivity contribution in [2.45, 2.75) is 38.7 Å². The minimum absolute atomic E-state index is 0.0392. The fraction of sp³-hybridized carbons (Fsp3) is 0.917. The molecular formula is C12H19F2NO3. The van der Waals surface area contributed by atoms with Gasteiger partial charge in [-0.2, -0.15) is 0 Å². The van der Waals surface area contributed by atoms with Crippen molar-refractivity contribution in [2.75, 3.05) is 19.7 Å². The molecular weight excluding hydrogens is 244 g/mol. The molecule has 1 saturated carbocycles. The van der Waals surface area contributed by atoms with Crippen LogP contribution in [0.25, 0.3) is 0 Å². The van der Waals surface area contributed by atoms with E-state index in [0.29, 0.717) is 0 Å². The highest BCUT2D eigenvalue weighted by atomic mass is 19.3. The predicted octanol–water partition coefficient (Wildman–Crippen LogP) is 1.87. The zero-order chi connectivity index (χ0) is 13.8. The third-order valence-electron chi connectivity index (χ3n) is 3.85. The molecule has 2 unspecified atom stereocenters. The first-order valence-electron chi connectivity index (χ1n) is 6.11. The lowest BCUT2D eigenvalue weighted by Crippen LogP contribution is -2.43. The Hall–Kier alpha value is -0.910. The topological polar surface area (TPSA) is 49.8 Å². The standard InChI is InChI=1S/C12H19F2NO3/c1-10(2,3)18-9(17)15-5-4-11(7-16)8(6-15)12(11,13)14/h8,16H,4-7H2,1-3H3. The van der Waals surface area contributed by atoms with Gasteiger partial charge in [0.15, 0.2) is 0 Å². The van der Waals surface area contributed by atoms with Crippen LogP contribution in [0.1, 0.15) is 27.2 Å². The summed E-state index contributed by atoms with van der Waals surface area (Å²) in [6, 6.07) is 0. The van der Waals surface area contributed by atoms with Gasteiger partial charge in [0.1, 0.15) is 5.60 Å². The van der Waals surface area contributed by atoms with E-state index in [4.69, 9.17) is 9.84 Å². The number of carbonyl (C=O) groups is 1. The lowest BCUT2D eigenvalue weighted by atomic mass is 9.96. The number of nitrogens with zero attached hydrogens (tertiary/aromatic N) is 1. The van der Waals surface area contributed by atoms with Crippen LogP contribution in [0.5, 0.6) is 0 Å². The van der Waals surface area contributed by atoms with Gasteiger partial charge in [0, 0.05) is 13.1 Å². The number of halogens is 2. The van der Waals surface area contributed by atoms with E-state index in [1.165, 1.54) is 4.90 Å². The number of aliphatic hydroxyl groups excluding tert-OH is 1. The van der Waals surface area contributed by atoms with E-state index in [1.807, 2.05) is 0 Å². The Bertz CT molecular complexity index is 367. The van der Waals surface area contributed by atoms with Crippen LogP contribution in [0.15, 0.2) is 0 Å². The molecule has 0 radical (unpaired) electrons. The Morgan fingerprint density at radius 1 is 1.50 bits per heavy atom. The summed E-state index contributed by atoms with van der Waals surface area (Å²) in [5.74, 6) is -3.80. The van der Waals surface area contributed by atoms with E-state index < -0.39 is 35.6 Å². The van der Waals surface area contributed by atoms with Gasteiger partial charge in [-0.25, -0.2) is 13.6 Å². The Labute approximate surface area is 105 Å². The third kappa shape index (κ3) is 1.86. The van der Waals surface area contributed by atoms with Crippen LogP contribution in [-0.4, -0.2) is 47.3 Å². The smallest absolute Gasteiger partial charge is 0.410 e. The van der Waals surface area contributed by atoms with E-state index in [0.717, 1.165) is 0 Å². The summed E-state index contributed by atoms with van der Waals surface area (Å²) < 4.78 is 32.3. The molecule has 2 rings (SSSR count). The van der Waals surface area contributed by atoms with Crippen LogP contribution in [0, 0.1) is 11.3 Å². The molecule has 0 aromatic rings. The molecule has 104 valence electrons. The molecule has 2 atom stereocenters. The Kier molecular flexibility index (Phi) is 2.85. The Morgan fingerprint density at radius 2 is 2.11 bits per heavy atom. The molecule has 1 aliphatic carbocycles. The molecule has 1 heterocycles. The maximum absolute atomic E-state index is 13.6. The normalized spacial score (nSPS) is 33.9. The number of piperidine rings is 1. The number of carbonyl (C=O) groups excluding carboxylic acids is 1. The second kappa shape index (κ2) is 3.79. The highest BCUT2D eigenvalue weighted by Crippen LogP contribution is 2.69. The lowest BCUT2D eigenvalue weighted by molar-refractivity contribution is 0.0123. The van der Waals surface area contributed by atoms with Gasteiger partial charge < -0.3 is 14.7 Å². The van der Waals surface area contributed by atoms with E-state index in [2.05, 4.69) is 0 Å². The molecule has 18 heavy (non-hydrogen) atoms. The number of likely N-dealkylation sites (tertiary alicyclic amines) is 1. The highest BCUT2D eigenvalue weighted by Gasteiger charge is 2.81. The number of hydrogen-bond donors (Lipinski definition) is 1. The zero-order valence-electron chi connectivity index (χ0n) is 10.9. The van der Waals surface area contributed by atoms with Crippen molar-refractivity contribution in [3.05, 3.63) is 0 Å². The van der Waals surface area contributed by atoms with Crippen LogP contribution in [0.2, 0.25) is 0 Å². The quantitative estimate of drug-likeness (QED) is 0.785. The molecule has 1 saturated heterocycles. The van der Waals surface area contributed by atoms with Crippen molar-refractivity contribution < 1.29 is 23.4 Å². The van der Waals surface area contributed by atoms with Gasteiger partial charge in [-0.1, -0.05) is 0 Å². The van der Waals surface area contributed by atoms with Crippen LogP contribution in [-0.2, 0) is 4.74 Å². The minimum Gasteiger partial charge on any atom is -0.444 e. The summed E-state index contributed by atoms with van der Waals surface area (Å²) >= 11 is 0. The molecule has 4 nitrogen and oxygen atoms in total. The maximum Gasteiger partial charge on any atom is 0.410 e. The number of aliphatic hydroxyl groups is 1. The second-order valence-corrected chi connectivity index (χ2v) is 6.17. The first-order chi connectivity index (χ1) is 8.14. The number of ether oxygens (including phenoxy) is 1. The summed E-state index contributed by atoms with van der Waals surface area (Å²) in [7, 11) is 0. The van der Waals surface area contributed by atoms with E-state index in [-0.39, 0.29) is 19.5 Å². The Morgan fingerprint density at radius 3 is 2.56 bits per heavy atom. The van der Waals surface area contributed by atoms with Gasteiger partial charge in [0.25, 0.3) is 5.92 Å². The highest BCUT2D eigenvalue weighted by molar-refractivity contribution is 5.68. The summed E-state index contributed by atoms with van der Waals surface area (Å²) in [6.07, 6.45) is -0.433. The van der Waals surface area contributed by atoms with Crippen molar-refractivity contribution in [1.29, 1.82) is 0 Å². The first-order valence-corrected chi connectivity index (χ1v) is 6.11. The molecule has 6 heteroatoms. The van der Waals surface area contributed by atoms with Gasteiger partial charge in [0.05, 0.1) is 17.9 Å². The van der Waals surface area contributed by atoms with Crippen molar-refractivity contribution in [2.24, 2.45) is 11.3 Å². The number of amides is 1. The SMILES string of the molecule is CC(C)(C)OC(=O)N1CCC2(CO)C(C1)C2(F)F. The minimum atomic E-state index is -2.86. The first kappa shape index (κ1) is 13.5. The summed E-state index contributed by atoms with van der Waals surface area (Å²) in [5, 5.41) is 9.12. The van der Waals surface area contributed by atoms with Gasteiger partial charge >= 0.3 is 6.09 Å². The van der Waals surface area contributed by atoms with E-state index in [9.17, 15) is 13.6 Å². The maximum atomic E-state index is 13.6. The van der Waals surface area contributed by atoms with Crippen LogP contribution >= 0.6 is 0 Å². The van der Waals surface area contributed by atoms with Crippen molar-refractivity contribution in [1.82, 2.24) is 4.90 Å². The molecule has 2 fully saturated rings. The predicted molar refractivity (Wildman–Crippen MR) is 60.4 cm³/mol. The van der Waals surface area contributed by atoms with Gasteiger partial charge in [-0.05, 0) is 27.2 Å². The van der Waals surface area contributed by atoms with Crippen molar-refractivity contribution in [3.8, 4) is 0 Å². The zero-order valence-corrected chi connectivity index (χ0v) is 10.9. The number of fused-ring (bicyclic) bond motifs is 1. The van der Waals surface area contributed by atoms with Gasteiger partial charge in [-0.15, -0.1) is 0 Å². The molecule has 0 aromatic heterocycles. The molecule has 2 aliphatic rings. The fourth-order valence-electron chi connectivity index (χ4n) is 2.65. The summed E-state index contributed by atoms with van der Waals surface area (Å²) in [6.45, 7) is 4.85. The Balaban J connectivity index is 2.00. The molecule has 1 N–H and O–H groups in total. The van der Waals surface area contributed by atoms with Crippen molar-refractivity contribution in [3.63, 3.8) is 0 Å². The fourth-order valence-corrected chi connectivity index (χ4v) is 2.65. The second-order valence-electron chi connectivity index (χ2n) is 6.17. The summed E-state index contributed by atoms with van der Waals surface area (Å²) in [4.78, 5) is 13.1. The molecule has 1 aliphatic heterocycles. The van der Waals surface area contributed by atoms with Gasteiger partial charge in [-0.3, -0.25) is 0 Å². The molecule has 0 aromatic carbocycles. The van der Waals surface area contributed by atoms with Crippen molar-refractivity contribution >= 4 is 6.09 Å². The molecule has 0 bridgehead atoms. The largest absolute Gasteiger partial charge is 0.444 e. The number of hydrogen-bond acceptors (Lipinski definition) is 3. The molecule has 1 amide bonds. The number of alkyl halides is 2.